The second kappa shape index (κ2) is 21.0. The molecule has 0 aromatic heterocycles. The first kappa shape index (κ1) is 23.7. The third kappa shape index (κ3) is 18.5. The summed E-state index contributed by atoms with van der Waals surface area (Å²) in [5, 5.41) is 0. The maximum atomic E-state index is 5.08. The monoisotopic (exact) mass is 410 g/mol. The van der Waals surface area contributed by atoms with E-state index in [1.165, 1.54) is 141 Å². The van der Waals surface area contributed by atoms with Gasteiger partial charge >= 0.3 is 0 Å². The van der Waals surface area contributed by atoms with Crippen LogP contribution in [0.4, 0.5) is 0 Å². The van der Waals surface area contributed by atoms with Gasteiger partial charge in [0.2, 0.25) is 0 Å². The van der Waals surface area contributed by atoms with E-state index < -0.39 is 0 Å². The molecule has 0 N–H and O–H groups in total. The van der Waals surface area contributed by atoms with Crippen molar-refractivity contribution in [3.05, 3.63) is 0 Å². The van der Waals surface area contributed by atoms with Crippen molar-refractivity contribution >= 4 is 34.3 Å². The molecule has 4 heterocycles. The van der Waals surface area contributed by atoms with E-state index in [1.807, 2.05) is 0 Å². The van der Waals surface area contributed by atoms with Crippen molar-refractivity contribution < 1.29 is 4.74 Å². The highest BCUT2D eigenvalue weighted by atomic mass is 31.1. The van der Waals surface area contributed by atoms with Crippen molar-refractivity contribution in [3.8, 4) is 0 Å². The van der Waals surface area contributed by atoms with Crippen molar-refractivity contribution in [2.24, 2.45) is 0 Å². The molecular weight excluding hydrogens is 368 g/mol. The fourth-order valence-electron chi connectivity index (χ4n) is 2.92. The Kier molecular flexibility index (Phi) is 20.7. The third-order valence-electron chi connectivity index (χ3n) is 4.47. The normalized spacial score (nSPS) is 24.0. The van der Waals surface area contributed by atoms with Crippen molar-refractivity contribution in [1.82, 2.24) is 0 Å². The summed E-state index contributed by atoms with van der Waals surface area (Å²) in [6.07, 6.45) is 25.4. The molecule has 0 aromatic rings. The first-order valence-corrected chi connectivity index (χ1v) is 16.1. The summed E-state index contributed by atoms with van der Waals surface area (Å²) in [5.41, 5.74) is 0. The molecule has 4 aliphatic heterocycles. The average Bonchev–Trinajstić information content (AvgIpc) is 3.14. The molecule has 0 aliphatic carbocycles. The highest BCUT2D eigenvalue weighted by Crippen LogP contribution is 2.22. The number of hydrogen-bond donors (Lipinski definition) is 0. The van der Waals surface area contributed by atoms with Gasteiger partial charge in [-0.3, -0.25) is 0 Å². The van der Waals surface area contributed by atoms with E-state index in [2.05, 4.69) is 0 Å². The van der Waals surface area contributed by atoms with Gasteiger partial charge in [0.1, 0.15) is 0 Å². The molecule has 0 radical (unpaired) electrons. The smallest absolute Gasteiger partial charge is 0.0503 e. The largest absolute Gasteiger partial charge is 0.381 e. The fraction of sp³-hybridized carbons (Fsp3) is 1.00. The lowest BCUT2D eigenvalue weighted by atomic mass is 10.2. The summed E-state index contributed by atoms with van der Waals surface area (Å²) in [4.78, 5) is 0. The Hall–Kier alpha value is 1.68. The zero-order valence-corrected chi connectivity index (χ0v) is 19.8. The molecule has 4 saturated heterocycles. The lowest BCUT2D eigenvalue weighted by Crippen LogP contribution is -2.06. The van der Waals surface area contributed by atoms with Crippen LogP contribution in [-0.4, -0.2) is 62.5 Å². The highest BCUT2D eigenvalue weighted by Gasteiger charge is 1.96. The van der Waals surface area contributed by atoms with Gasteiger partial charge in [0, 0.05) is 0 Å². The van der Waals surface area contributed by atoms with Gasteiger partial charge in [0.25, 0.3) is 0 Å². The summed E-state index contributed by atoms with van der Waals surface area (Å²) in [6.45, 7) is 2.02. The Bertz CT molecular complexity index is 167. The SMILES string of the molecule is C1CCCPCC1.C1CCPC1.C1CCPCC1.C1CPCCO1. The molecule has 0 saturated carbocycles. The summed E-state index contributed by atoms with van der Waals surface area (Å²) in [7, 11) is 5.08. The second-order valence-electron chi connectivity index (χ2n) is 6.79. The zero-order chi connectivity index (χ0) is 17.0. The van der Waals surface area contributed by atoms with Crippen LogP contribution < -0.4 is 0 Å². The molecule has 4 fully saturated rings. The molecular formula is C19H42OP4. The van der Waals surface area contributed by atoms with E-state index in [-0.39, 0.29) is 0 Å². The zero-order valence-electron chi connectivity index (χ0n) is 15.8. The lowest BCUT2D eigenvalue weighted by molar-refractivity contribution is 0.159. The van der Waals surface area contributed by atoms with Gasteiger partial charge in [-0.05, 0) is 87.8 Å². The summed E-state index contributed by atoms with van der Waals surface area (Å²) >= 11 is 0. The van der Waals surface area contributed by atoms with Crippen LogP contribution in [0.25, 0.3) is 0 Å². The van der Waals surface area contributed by atoms with Crippen molar-refractivity contribution in [1.29, 1.82) is 0 Å². The van der Waals surface area contributed by atoms with Gasteiger partial charge in [-0.2, -0.15) is 0 Å². The quantitative estimate of drug-likeness (QED) is 0.430. The van der Waals surface area contributed by atoms with Crippen LogP contribution in [0.1, 0.15) is 57.8 Å². The number of rotatable bonds is 0. The molecule has 4 rings (SSSR count). The Morgan fingerprint density at radius 2 is 0.625 bits per heavy atom. The Labute approximate surface area is 159 Å². The van der Waals surface area contributed by atoms with Crippen LogP contribution in [-0.2, 0) is 4.74 Å². The molecule has 0 unspecified atom stereocenters. The Balaban J connectivity index is 0.000000161. The third-order valence-corrected chi connectivity index (χ3v) is 9.83. The summed E-state index contributed by atoms with van der Waals surface area (Å²) in [6, 6.07) is 0. The Morgan fingerprint density at radius 3 is 0.833 bits per heavy atom. The van der Waals surface area contributed by atoms with Crippen LogP contribution in [0.15, 0.2) is 0 Å². The molecule has 144 valence electrons. The Morgan fingerprint density at radius 1 is 0.333 bits per heavy atom. The van der Waals surface area contributed by atoms with E-state index in [4.69, 9.17) is 4.74 Å². The van der Waals surface area contributed by atoms with Gasteiger partial charge in [-0.15, -0.1) is 34.3 Å². The number of ether oxygens (including phenoxy) is 1. The first-order valence-electron chi connectivity index (χ1n) is 10.4. The van der Waals surface area contributed by atoms with Crippen LogP contribution in [0, 0.1) is 0 Å². The average molecular weight is 410 g/mol. The van der Waals surface area contributed by atoms with Gasteiger partial charge in [-0.25, -0.2) is 0 Å². The molecule has 5 heteroatoms. The molecule has 4 aliphatic rings. The first-order chi connectivity index (χ1) is 12.0. The van der Waals surface area contributed by atoms with Gasteiger partial charge < -0.3 is 4.74 Å². The minimum atomic E-state index is 1.01. The maximum absolute atomic E-state index is 5.08. The topological polar surface area (TPSA) is 9.23 Å². The molecule has 1 nitrogen and oxygen atoms in total. The van der Waals surface area contributed by atoms with E-state index >= 15 is 0 Å². The maximum Gasteiger partial charge on any atom is 0.0503 e. The lowest BCUT2D eigenvalue weighted by Gasteiger charge is -2.08. The van der Waals surface area contributed by atoms with Crippen molar-refractivity contribution in [2.45, 2.75) is 57.8 Å². The van der Waals surface area contributed by atoms with Gasteiger partial charge in [0.15, 0.2) is 0 Å². The van der Waals surface area contributed by atoms with E-state index in [1.54, 1.807) is 0 Å². The van der Waals surface area contributed by atoms with Crippen LogP contribution in [0.5, 0.6) is 0 Å². The molecule has 0 aromatic carbocycles. The van der Waals surface area contributed by atoms with Crippen LogP contribution in [0.3, 0.4) is 0 Å². The van der Waals surface area contributed by atoms with E-state index in [0.29, 0.717) is 0 Å². The molecule has 0 bridgehead atoms. The minimum Gasteiger partial charge on any atom is -0.381 e. The van der Waals surface area contributed by atoms with Crippen LogP contribution >= 0.6 is 34.3 Å². The molecule has 0 amide bonds. The van der Waals surface area contributed by atoms with E-state index in [9.17, 15) is 0 Å². The van der Waals surface area contributed by atoms with Crippen LogP contribution in [0.2, 0.25) is 0 Å². The standard InChI is InChI=1S/C6H13P.C5H11P.C4H9OP.C4H9P/c1-2-4-6-7-5-3-1;1-2-4-6-5-3-1;1-3-6-4-2-5-1;1-2-4-5-3-1/h7H,1-6H2;6H,1-5H2;6H,1-4H2;5H,1-4H2. The molecule has 0 atom stereocenters. The number of hydrogen-bond acceptors (Lipinski definition) is 1. The summed E-state index contributed by atoms with van der Waals surface area (Å²) in [5.74, 6) is 0. The molecule has 0 spiro atoms. The van der Waals surface area contributed by atoms with Crippen molar-refractivity contribution in [2.75, 3.05) is 62.5 Å². The van der Waals surface area contributed by atoms with E-state index in [0.717, 1.165) is 13.2 Å². The predicted molar refractivity (Wildman–Crippen MR) is 125 cm³/mol. The summed E-state index contributed by atoms with van der Waals surface area (Å²) < 4.78 is 5.08. The second-order valence-corrected chi connectivity index (χ2v) is 12.8. The highest BCUT2D eigenvalue weighted by molar-refractivity contribution is 7.38. The predicted octanol–water partition coefficient (Wildman–Crippen LogP) is 6.24. The molecule has 24 heavy (non-hydrogen) atoms. The van der Waals surface area contributed by atoms with Gasteiger partial charge in [-0.1, -0.05) is 19.3 Å². The minimum absolute atomic E-state index is 1.01. The van der Waals surface area contributed by atoms with Crippen molar-refractivity contribution in [3.63, 3.8) is 0 Å². The fourth-order valence-corrected chi connectivity index (χ4v) is 7.50. The van der Waals surface area contributed by atoms with Gasteiger partial charge in [0.05, 0.1) is 13.2 Å².